The van der Waals surface area contributed by atoms with Crippen LogP contribution < -0.4 is 19.7 Å². The normalized spacial score (nSPS) is 11.7. The fourth-order valence-corrected chi connectivity index (χ4v) is 4.52. The molecule has 0 saturated heterocycles. The van der Waals surface area contributed by atoms with Gasteiger partial charge in [0.15, 0.2) is 11.5 Å². The van der Waals surface area contributed by atoms with Crippen LogP contribution >= 0.6 is 0 Å². The Bertz CT molecular complexity index is 1460. The van der Waals surface area contributed by atoms with Crippen molar-refractivity contribution in [3.05, 3.63) is 124 Å². The Morgan fingerprint density at radius 2 is 1.55 bits per heavy atom. The molecule has 1 heterocycles. The molecule has 4 aromatic rings. The lowest BCUT2D eigenvalue weighted by Gasteiger charge is -2.24. The molecule has 0 bridgehead atoms. The Hall–Kier alpha value is -4.58. The minimum absolute atomic E-state index is 0.0566. The van der Waals surface area contributed by atoms with Gasteiger partial charge < -0.3 is 19.7 Å². The van der Waals surface area contributed by atoms with Gasteiger partial charge >= 0.3 is 0 Å². The third kappa shape index (κ3) is 5.86. The number of carbonyl (C=O) groups excluding carboxylic acids is 2. The standard InChI is InChI=1S/C32H30N2O4/c1-22-6-5-8-26(16-22)20-34(32(36)28-9-4-3-7-23(28)2)27-13-10-24(11-14-27)18-31(35)33-19-25-12-15-29-30(17-25)38-21-37-29/h3-17H,18-21H2,1-2H3,(H,33,35). The number of anilines is 1. The Kier molecular flexibility index (Phi) is 7.40. The van der Waals surface area contributed by atoms with Crippen LogP contribution in [0.5, 0.6) is 11.5 Å². The van der Waals surface area contributed by atoms with E-state index in [0.29, 0.717) is 24.4 Å². The van der Waals surface area contributed by atoms with Crippen LogP contribution in [0.1, 0.15) is 38.2 Å². The van der Waals surface area contributed by atoms with Gasteiger partial charge in [-0.25, -0.2) is 0 Å². The number of rotatable bonds is 8. The number of aryl methyl sites for hydroxylation is 2. The van der Waals surface area contributed by atoms with E-state index in [9.17, 15) is 9.59 Å². The molecular weight excluding hydrogens is 476 g/mol. The first-order valence-corrected chi connectivity index (χ1v) is 12.6. The number of nitrogens with zero attached hydrogens (tertiary/aromatic N) is 1. The van der Waals surface area contributed by atoms with Crippen molar-refractivity contribution in [1.82, 2.24) is 5.32 Å². The first-order valence-electron chi connectivity index (χ1n) is 12.6. The monoisotopic (exact) mass is 506 g/mol. The highest BCUT2D eigenvalue weighted by Crippen LogP contribution is 2.32. The predicted octanol–water partition coefficient (Wildman–Crippen LogP) is 5.74. The molecular formula is C32H30N2O4. The second kappa shape index (κ2) is 11.2. The van der Waals surface area contributed by atoms with Crippen LogP contribution in [0, 0.1) is 13.8 Å². The van der Waals surface area contributed by atoms with Crippen LogP contribution in [-0.2, 0) is 24.3 Å². The van der Waals surface area contributed by atoms with Crippen molar-refractivity contribution in [3.63, 3.8) is 0 Å². The van der Waals surface area contributed by atoms with Gasteiger partial charge in [0, 0.05) is 17.8 Å². The van der Waals surface area contributed by atoms with Gasteiger partial charge in [0.1, 0.15) is 0 Å². The zero-order valence-electron chi connectivity index (χ0n) is 21.6. The van der Waals surface area contributed by atoms with E-state index in [1.54, 1.807) is 4.90 Å². The number of carbonyl (C=O) groups is 2. The molecule has 0 aliphatic carbocycles. The van der Waals surface area contributed by atoms with E-state index in [2.05, 4.69) is 11.4 Å². The van der Waals surface area contributed by atoms with E-state index in [1.165, 1.54) is 0 Å². The van der Waals surface area contributed by atoms with Crippen molar-refractivity contribution in [2.24, 2.45) is 0 Å². The average molecular weight is 507 g/mol. The molecule has 1 aliphatic rings. The number of hydrogen-bond donors (Lipinski definition) is 1. The number of amides is 2. The first-order chi connectivity index (χ1) is 18.5. The summed E-state index contributed by atoms with van der Waals surface area (Å²) in [5.74, 6) is 1.28. The van der Waals surface area contributed by atoms with Crippen LogP contribution in [0.25, 0.3) is 0 Å². The number of benzene rings is 4. The SMILES string of the molecule is Cc1cccc(CN(C(=O)c2ccccc2C)c2ccc(CC(=O)NCc3ccc4c(c3)OCO4)cc2)c1. The summed E-state index contributed by atoms with van der Waals surface area (Å²) in [5, 5.41) is 2.96. The molecule has 192 valence electrons. The molecule has 0 radical (unpaired) electrons. The Morgan fingerprint density at radius 1 is 0.789 bits per heavy atom. The maximum Gasteiger partial charge on any atom is 0.258 e. The molecule has 0 aromatic heterocycles. The molecule has 0 spiro atoms. The van der Waals surface area contributed by atoms with Crippen LogP contribution in [0.4, 0.5) is 5.69 Å². The van der Waals surface area contributed by atoms with Gasteiger partial charge in [0.2, 0.25) is 12.7 Å². The van der Waals surface area contributed by atoms with Crippen LogP contribution in [0.3, 0.4) is 0 Å². The van der Waals surface area contributed by atoms with Gasteiger partial charge in [-0.1, -0.05) is 66.2 Å². The number of fused-ring (bicyclic) bond motifs is 1. The number of hydrogen-bond acceptors (Lipinski definition) is 4. The highest BCUT2D eigenvalue weighted by atomic mass is 16.7. The quantitative estimate of drug-likeness (QED) is 0.331. The maximum atomic E-state index is 13.7. The van der Waals surface area contributed by atoms with Crippen LogP contribution in [0.15, 0.2) is 91.0 Å². The van der Waals surface area contributed by atoms with Gasteiger partial charge in [-0.2, -0.15) is 0 Å². The second-order valence-corrected chi connectivity index (χ2v) is 9.50. The summed E-state index contributed by atoms with van der Waals surface area (Å²) in [7, 11) is 0. The summed E-state index contributed by atoms with van der Waals surface area (Å²) < 4.78 is 10.7. The predicted molar refractivity (Wildman–Crippen MR) is 147 cm³/mol. The lowest BCUT2D eigenvalue weighted by atomic mass is 10.0. The topological polar surface area (TPSA) is 67.9 Å². The molecule has 4 aromatic carbocycles. The largest absolute Gasteiger partial charge is 0.454 e. The molecule has 38 heavy (non-hydrogen) atoms. The minimum atomic E-state index is -0.0805. The summed E-state index contributed by atoms with van der Waals surface area (Å²) in [6, 6.07) is 29.1. The van der Waals surface area contributed by atoms with E-state index in [0.717, 1.165) is 39.3 Å². The fourth-order valence-electron chi connectivity index (χ4n) is 4.52. The number of ether oxygens (including phenoxy) is 2. The second-order valence-electron chi connectivity index (χ2n) is 9.50. The molecule has 6 heteroatoms. The smallest absolute Gasteiger partial charge is 0.258 e. The van der Waals surface area contributed by atoms with E-state index in [-0.39, 0.29) is 25.0 Å². The molecule has 1 N–H and O–H groups in total. The molecule has 0 saturated carbocycles. The highest BCUT2D eigenvalue weighted by molar-refractivity contribution is 6.07. The summed E-state index contributed by atoms with van der Waals surface area (Å²) >= 11 is 0. The van der Waals surface area contributed by atoms with Gasteiger partial charge in [-0.15, -0.1) is 0 Å². The lowest BCUT2D eigenvalue weighted by molar-refractivity contribution is -0.120. The van der Waals surface area contributed by atoms with Crippen molar-refractivity contribution >= 4 is 17.5 Å². The summed E-state index contributed by atoms with van der Waals surface area (Å²) in [6.07, 6.45) is 0.244. The van der Waals surface area contributed by atoms with Crippen molar-refractivity contribution in [2.75, 3.05) is 11.7 Å². The van der Waals surface area contributed by atoms with E-state index >= 15 is 0 Å². The van der Waals surface area contributed by atoms with Crippen LogP contribution in [0.2, 0.25) is 0 Å². The van der Waals surface area contributed by atoms with Crippen molar-refractivity contribution < 1.29 is 19.1 Å². The first kappa shape index (κ1) is 25.1. The third-order valence-electron chi connectivity index (χ3n) is 6.58. The lowest BCUT2D eigenvalue weighted by Crippen LogP contribution is -2.31. The van der Waals surface area contributed by atoms with Gasteiger partial charge in [-0.3, -0.25) is 9.59 Å². The van der Waals surface area contributed by atoms with E-state index in [4.69, 9.17) is 9.47 Å². The van der Waals surface area contributed by atoms with Gasteiger partial charge in [0.05, 0.1) is 13.0 Å². The molecule has 6 nitrogen and oxygen atoms in total. The fraction of sp³-hybridized carbons (Fsp3) is 0.188. The molecule has 0 unspecified atom stereocenters. The van der Waals surface area contributed by atoms with Crippen molar-refractivity contribution in [2.45, 2.75) is 33.4 Å². The zero-order chi connectivity index (χ0) is 26.5. The summed E-state index contributed by atoms with van der Waals surface area (Å²) in [6.45, 7) is 5.07. The van der Waals surface area contributed by atoms with Gasteiger partial charge in [0.25, 0.3) is 5.91 Å². The average Bonchev–Trinajstić information content (AvgIpc) is 3.39. The van der Waals surface area contributed by atoms with Gasteiger partial charge in [-0.05, 0) is 66.4 Å². The summed E-state index contributed by atoms with van der Waals surface area (Å²) in [5.41, 5.74) is 6.40. The molecule has 1 aliphatic heterocycles. The molecule has 2 amide bonds. The Labute approximate surface area is 222 Å². The Balaban J connectivity index is 1.28. The molecule has 5 rings (SSSR count). The Morgan fingerprint density at radius 3 is 2.34 bits per heavy atom. The third-order valence-corrected chi connectivity index (χ3v) is 6.58. The van der Waals surface area contributed by atoms with E-state index < -0.39 is 0 Å². The summed E-state index contributed by atoms with van der Waals surface area (Å²) in [4.78, 5) is 28.1. The highest BCUT2D eigenvalue weighted by Gasteiger charge is 2.20. The van der Waals surface area contributed by atoms with E-state index in [1.807, 2.05) is 98.8 Å². The molecule has 0 fully saturated rings. The maximum absolute atomic E-state index is 13.7. The van der Waals surface area contributed by atoms with Crippen molar-refractivity contribution in [1.29, 1.82) is 0 Å². The van der Waals surface area contributed by atoms with Crippen LogP contribution in [-0.4, -0.2) is 18.6 Å². The minimum Gasteiger partial charge on any atom is -0.454 e. The zero-order valence-corrected chi connectivity index (χ0v) is 21.6. The number of nitrogens with one attached hydrogen (secondary N) is 1. The molecule has 0 atom stereocenters. The van der Waals surface area contributed by atoms with Crippen molar-refractivity contribution in [3.8, 4) is 11.5 Å².